The maximum absolute atomic E-state index is 11.7. The standard InChI is InChI=1S/C11H14ClN3OS/c12-9-7-14-6-4-8(9)11(16)15-5-2-1-3-10(13)17/h4,6-7H,1-3,5H2,(H2,13,17)(H,15,16). The van der Waals surface area contributed by atoms with E-state index in [0.717, 1.165) is 12.8 Å². The number of carbonyl (C=O) groups is 1. The molecule has 0 bridgehead atoms. The number of unbranched alkanes of at least 4 members (excludes halogenated alkanes) is 1. The maximum Gasteiger partial charge on any atom is 0.252 e. The Morgan fingerprint density at radius 3 is 2.94 bits per heavy atom. The zero-order chi connectivity index (χ0) is 12.7. The minimum atomic E-state index is -0.187. The average Bonchev–Trinajstić information content (AvgIpc) is 2.28. The monoisotopic (exact) mass is 271 g/mol. The van der Waals surface area contributed by atoms with Crippen molar-refractivity contribution in [1.82, 2.24) is 10.3 Å². The first-order chi connectivity index (χ1) is 8.11. The largest absolute Gasteiger partial charge is 0.393 e. The molecule has 0 spiro atoms. The van der Waals surface area contributed by atoms with E-state index >= 15 is 0 Å². The van der Waals surface area contributed by atoms with Crippen LogP contribution in [0.2, 0.25) is 5.02 Å². The minimum absolute atomic E-state index is 0.187. The fourth-order valence-corrected chi connectivity index (χ4v) is 1.63. The van der Waals surface area contributed by atoms with Gasteiger partial charge in [-0.3, -0.25) is 9.78 Å². The first-order valence-electron chi connectivity index (χ1n) is 5.27. The number of carbonyl (C=O) groups excluding carboxylic acids is 1. The lowest BCUT2D eigenvalue weighted by atomic mass is 10.2. The topological polar surface area (TPSA) is 68.0 Å². The summed E-state index contributed by atoms with van der Waals surface area (Å²) >= 11 is 10.6. The Labute approximate surface area is 111 Å². The Bertz CT molecular complexity index is 411. The summed E-state index contributed by atoms with van der Waals surface area (Å²) < 4.78 is 0. The van der Waals surface area contributed by atoms with E-state index in [0.29, 0.717) is 28.5 Å². The molecule has 0 aromatic carbocycles. The third kappa shape index (κ3) is 5.10. The van der Waals surface area contributed by atoms with E-state index in [2.05, 4.69) is 10.3 Å². The lowest BCUT2D eigenvalue weighted by Crippen LogP contribution is -2.25. The van der Waals surface area contributed by atoms with Crippen LogP contribution in [0.1, 0.15) is 29.6 Å². The van der Waals surface area contributed by atoms with Crippen LogP contribution in [0.5, 0.6) is 0 Å². The van der Waals surface area contributed by atoms with Gasteiger partial charge in [0.15, 0.2) is 0 Å². The summed E-state index contributed by atoms with van der Waals surface area (Å²) in [7, 11) is 0. The van der Waals surface area contributed by atoms with Gasteiger partial charge in [0.05, 0.1) is 15.6 Å². The molecule has 4 nitrogen and oxygen atoms in total. The van der Waals surface area contributed by atoms with Crippen LogP contribution < -0.4 is 11.1 Å². The predicted molar refractivity (Wildman–Crippen MR) is 72.2 cm³/mol. The Balaban J connectivity index is 2.31. The molecule has 0 aliphatic rings. The van der Waals surface area contributed by atoms with Crippen LogP contribution in [0.4, 0.5) is 0 Å². The number of rotatable bonds is 6. The summed E-state index contributed by atoms with van der Waals surface area (Å²) in [5, 5.41) is 3.13. The molecule has 0 saturated heterocycles. The van der Waals surface area contributed by atoms with Crippen LogP contribution >= 0.6 is 23.8 Å². The molecule has 1 heterocycles. The first kappa shape index (κ1) is 13.9. The lowest BCUT2D eigenvalue weighted by molar-refractivity contribution is 0.0953. The van der Waals surface area contributed by atoms with E-state index in [-0.39, 0.29) is 5.91 Å². The van der Waals surface area contributed by atoms with Crippen molar-refractivity contribution in [2.75, 3.05) is 6.54 Å². The maximum atomic E-state index is 11.7. The number of halogens is 1. The van der Waals surface area contributed by atoms with Crippen molar-refractivity contribution in [1.29, 1.82) is 0 Å². The molecule has 1 rings (SSSR count). The van der Waals surface area contributed by atoms with Gasteiger partial charge >= 0.3 is 0 Å². The van der Waals surface area contributed by atoms with Crippen LogP contribution in [0, 0.1) is 0 Å². The number of pyridine rings is 1. The van der Waals surface area contributed by atoms with E-state index in [4.69, 9.17) is 29.6 Å². The van der Waals surface area contributed by atoms with Crippen LogP contribution in [0.15, 0.2) is 18.5 Å². The molecule has 0 fully saturated rings. The van der Waals surface area contributed by atoms with Gasteiger partial charge in [0, 0.05) is 18.9 Å². The Hall–Kier alpha value is -1.20. The van der Waals surface area contributed by atoms with Gasteiger partial charge in [-0.2, -0.15) is 0 Å². The second-order valence-electron chi connectivity index (χ2n) is 3.53. The highest BCUT2D eigenvalue weighted by atomic mass is 35.5. The SMILES string of the molecule is NC(=S)CCCCNC(=O)c1ccncc1Cl. The molecule has 1 aromatic heterocycles. The fraction of sp³-hybridized carbons (Fsp3) is 0.364. The molecule has 0 aliphatic heterocycles. The molecule has 6 heteroatoms. The van der Waals surface area contributed by atoms with Gasteiger partial charge in [0.2, 0.25) is 0 Å². The van der Waals surface area contributed by atoms with Gasteiger partial charge in [-0.1, -0.05) is 23.8 Å². The van der Waals surface area contributed by atoms with Crippen LogP contribution in [-0.4, -0.2) is 22.4 Å². The van der Waals surface area contributed by atoms with Gasteiger partial charge < -0.3 is 11.1 Å². The van der Waals surface area contributed by atoms with Crippen molar-refractivity contribution in [3.63, 3.8) is 0 Å². The van der Waals surface area contributed by atoms with E-state index in [9.17, 15) is 4.79 Å². The van der Waals surface area contributed by atoms with Crippen molar-refractivity contribution in [3.05, 3.63) is 29.0 Å². The summed E-state index contributed by atoms with van der Waals surface area (Å²) in [6.07, 6.45) is 5.41. The van der Waals surface area contributed by atoms with Gasteiger partial charge in [-0.15, -0.1) is 0 Å². The molecular weight excluding hydrogens is 258 g/mol. The summed E-state index contributed by atoms with van der Waals surface area (Å²) in [5.74, 6) is -0.187. The second kappa shape index (κ2) is 7.19. The summed E-state index contributed by atoms with van der Waals surface area (Å²) in [6.45, 7) is 0.583. The predicted octanol–water partition coefficient (Wildman–Crippen LogP) is 1.92. The molecule has 0 unspecified atom stereocenters. The number of amides is 1. The zero-order valence-electron chi connectivity index (χ0n) is 9.28. The normalized spacial score (nSPS) is 9.94. The molecule has 3 N–H and O–H groups in total. The second-order valence-corrected chi connectivity index (χ2v) is 4.47. The number of hydrogen-bond donors (Lipinski definition) is 2. The van der Waals surface area contributed by atoms with Crippen molar-refractivity contribution in [2.24, 2.45) is 5.73 Å². The molecule has 0 aliphatic carbocycles. The quantitative estimate of drug-likeness (QED) is 0.613. The average molecular weight is 272 g/mol. The number of nitrogens with zero attached hydrogens (tertiary/aromatic N) is 1. The highest BCUT2D eigenvalue weighted by molar-refractivity contribution is 7.80. The van der Waals surface area contributed by atoms with E-state index < -0.39 is 0 Å². The zero-order valence-corrected chi connectivity index (χ0v) is 10.9. The van der Waals surface area contributed by atoms with E-state index in [1.54, 1.807) is 6.07 Å². The Kier molecular flexibility index (Phi) is 5.86. The summed E-state index contributed by atoms with van der Waals surface area (Å²) in [5.41, 5.74) is 5.81. The van der Waals surface area contributed by atoms with Gasteiger partial charge in [-0.05, 0) is 25.3 Å². The van der Waals surface area contributed by atoms with Gasteiger partial charge in [0.25, 0.3) is 5.91 Å². The summed E-state index contributed by atoms with van der Waals surface area (Å²) in [6, 6.07) is 1.59. The molecule has 92 valence electrons. The van der Waals surface area contributed by atoms with E-state index in [1.165, 1.54) is 12.4 Å². The number of nitrogens with two attached hydrogens (primary N) is 1. The van der Waals surface area contributed by atoms with Crippen molar-refractivity contribution in [2.45, 2.75) is 19.3 Å². The fourth-order valence-electron chi connectivity index (χ4n) is 1.28. The molecule has 1 aromatic rings. The number of hydrogen-bond acceptors (Lipinski definition) is 3. The van der Waals surface area contributed by atoms with Gasteiger partial charge in [-0.25, -0.2) is 0 Å². The van der Waals surface area contributed by atoms with Crippen molar-refractivity contribution < 1.29 is 4.79 Å². The molecule has 17 heavy (non-hydrogen) atoms. The molecule has 1 amide bonds. The Morgan fingerprint density at radius 1 is 1.53 bits per heavy atom. The number of aromatic nitrogens is 1. The third-order valence-electron chi connectivity index (χ3n) is 2.15. The van der Waals surface area contributed by atoms with Crippen molar-refractivity contribution in [3.8, 4) is 0 Å². The highest BCUT2D eigenvalue weighted by Gasteiger charge is 2.08. The smallest absolute Gasteiger partial charge is 0.252 e. The molecule has 0 saturated carbocycles. The summed E-state index contributed by atoms with van der Waals surface area (Å²) in [4.78, 5) is 16.0. The first-order valence-corrected chi connectivity index (χ1v) is 6.06. The minimum Gasteiger partial charge on any atom is -0.393 e. The molecule has 0 atom stereocenters. The van der Waals surface area contributed by atoms with Crippen LogP contribution in [0.25, 0.3) is 0 Å². The third-order valence-corrected chi connectivity index (χ3v) is 2.66. The van der Waals surface area contributed by atoms with Crippen LogP contribution in [0.3, 0.4) is 0 Å². The number of nitrogens with one attached hydrogen (secondary N) is 1. The highest BCUT2D eigenvalue weighted by Crippen LogP contribution is 2.12. The van der Waals surface area contributed by atoms with E-state index in [1.807, 2.05) is 0 Å². The molecular formula is C11H14ClN3OS. The molecule has 0 radical (unpaired) electrons. The van der Waals surface area contributed by atoms with Gasteiger partial charge in [0.1, 0.15) is 0 Å². The Morgan fingerprint density at radius 2 is 2.29 bits per heavy atom. The van der Waals surface area contributed by atoms with Crippen LogP contribution in [-0.2, 0) is 0 Å². The van der Waals surface area contributed by atoms with Crippen molar-refractivity contribution >= 4 is 34.7 Å². The number of thiocarbonyl (C=S) groups is 1. The lowest BCUT2D eigenvalue weighted by Gasteiger charge is -2.05.